The van der Waals surface area contributed by atoms with E-state index in [1.807, 2.05) is 19.0 Å². The molecule has 0 amide bonds. The van der Waals surface area contributed by atoms with E-state index in [4.69, 9.17) is 16.3 Å². The van der Waals surface area contributed by atoms with Crippen LogP contribution in [-0.2, 0) is 4.74 Å². The van der Waals surface area contributed by atoms with Crippen LogP contribution in [0.1, 0.15) is 18.2 Å². The van der Waals surface area contributed by atoms with Crippen molar-refractivity contribution >= 4 is 34.1 Å². The number of hydrogen-bond acceptors (Lipinski definition) is 5. The van der Waals surface area contributed by atoms with Crippen LogP contribution in [0.3, 0.4) is 0 Å². The highest BCUT2D eigenvalue weighted by molar-refractivity contribution is 7.17. The summed E-state index contributed by atoms with van der Waals surface area (Å²) in [4.78, 5) is 7.32. The SMILES string of the molecule is CCC(=Cc1sc(N(C)C)nc1Cl)CNCCOC. The number of ether oxygens (including phenoxy) is 1. The van der Waals surface area contributed by atoms with Gasteiger partial charge in [-0.05, 0) is 12.5 Å². The van der Waals surface area contributed by atoms with Gasteiger partial charge in [0.2, 0.25) is 0 Å². The number of anilines is 1. The van der Waals surface area contributed by atoms with E-state index in [1.165, 1.54) is 5.57 Å². The van der Waals surface area contributed by atoms with Gasteiger partial charge in [-0.1, -0.05) is 35.4 Å². The molecule has 0 aliphatic rings. The summed E-state index contributed by atoms with van der Waals surface area (Å²) < 4.78 is 5.01. The second-order valence-corrected chi connectivity index (χ2v) is 5.74. The molecule has 0 aromatic carbocycles. The summed E-state index contributed by atoms with van der Waals surface area (Å²) in [6, 6.07) is 0. The van der Waals surface area contributed by atoms with Gasteiger partial charge in [-0.2, -0.15) is 0 Å². The highest BCUT2D eigenvalue weighted by Gasteiger charge is 2.09. The Labute approximate surface area is 124 Å². The highest BCUT2D eigenvalue weighted by Crippen LogP contribution is 2.30. The third kappa shape index (κ3) is 5.48. The Bertz CT molecular complexity index is 418. The zero-order valence-electron chi connectivity index (χ0n) is 12.0. The average Bonchev–Trinajstić information content (AvgIpc) is 2.75. The molecule has 0 unspecified atom stereocenters. The molecule has 0 saturated carbocycles. The first-order valence-corrected chi connectivity index (χ1v) is 7.50. The summed E-state index contributed by atoms with van der Waals surface area (Å²) in [5.41, 5.74) is 1.31. The number of rotatable bonds is 8. The molecule has 0 atom stereocenters. The van der Waals surface area contributed by atoms with Gasteiger partial charge in [0, 0.05) is 34.3 Å². The molecule has 0 radical (unpaired) electrons. The van der Waals surface area contributed by atoms with Crippen LogP contribution in [0.15, 0.2) is 5.57 Å². The molecule has 1 heterocycles. The van der Waals surface area contributed by atoms with Crippen molar-refractivity contribution in [2.75, 3.05) is 45.8 Å². The lowest BCUT2D eigenvalue weighted by atomic mass is 10.2. The van der Waals surface area contributed by atoms with Gasteiger partial charge < -0.3 is 15.0 Å². The van der Waals surface area contributed by atoms with Crippen LogP contribution in [0.4, 0.5) is 5.13 Å². The summed E-state index contributed by atoms with van der Waals surface area (Å²) >= 11 is 7.77. The molecule has 1 aromatic rings. The van der Waals surface area contributed by atoms with Crippen molar-refractivity contribution in [3.63, 3.8) is 0 Å². The number of aromatic nitrogens is 1. The number of halogens is 1. The van der Waals surface area contributed by atoms with Crippen LogP contribution in [0.25, 0.3) is 6.08 Å². The Morgan fingerprint density at radius 3 is 2.79 bits per heavy atom. The van der Waals surface area contributed by atoms with E-state index < -0.39 is 0 Å². The van der Waals surface area contributed by atoms with Crippen LogP contribution in [0.5, 0.6) is 0 Å². The van der Waals surface area contributed by atoms with Crippen molar-refractivity contribution in [2.45, 2.75) is 13.3 Å². The molecule has 6 heteroatoms. The lowest BCUT2D eigenvalue weighted by Gasteiger charge is -2.06. The van der Waals surface area contributed by atoms with Crippen LogP contribution in [0, 0.1) is 0 Å². The first-order valence-electron chi connectivity index (χ1n) is 6.31. The van der Waals surface area contributed by atoms with E-state index in [0.29, 0.717) is 5.15 Å². The minimum Gasteiger partial charge on any atom is -0.383 e. The summed E-state index contributed by atoms with van der Waals surface area (Å²) in [5, 5.41) is 4.85. The summed E-state index contributed by atoms with van der Waals surface area (Å²) in [7, 11) is 5.64. The molecular weight excluding hydrogens is 282 g/mol. The Morgan fingerprint density at radius 2 is 2.26 bits per heavy atom. The van der Waals surface area contributed by atoms with Crippen molar-refractivity contribution in [1.82, 2.24) is 10.3 Å². The van der Waals surface area contributed by atoms with Gasteiger partial charge in [0.15, 0.2) is 5.13 Å². The fraction of sp³-hybridized carbons (Fsp3) is 0.615. The van der Waals surface area contributed by atoms with E-state index in [9.17, 15) is 0 Å². The minimum absolute atomic E-state index is 0.580. The Balaban J connectivity index is 2.68. The van der Waals surface area contributed by atoms with Crippen molar-refractivity contribution in [2.24, 2.45) is 0 Å². The van der Waals surface area contributed by atoms with Gasteiger partial charge >= 0.3 is 0 Å². The molecule has 0 aliphatic heterocycles. The second-order valence-electron chi connectivity index (χ2n) is 4.37. The van der Waals surface area contributed by atoms with Gasteiger partial charge in [-0.15, -0.1) is 0 Å². The quantitative estimate of drug-likeness (QED) is 0.749. The molecule has 19 heavy (non-hydrogen) atoms. The van der Waals surface area contributed by atoms with Gasteiger partial charge in [0.25, 0.3) is 0 Å². The number of thiazole rings is 1. The normalized spacial score (nSPS) is 11.9. The molecule has 108 valence electrons. The standard InChI is InChI=1S/C13H22ClN3OS/c1-5-10(9-15-6-7-18-4)8-11-12(14)16-13(19-11)17(2)3/h8,15H,5-7,9H2,1-4H3. The minimum atomic E-state index is 0.580. The van der Waals surface area contributed by atoms with Crippen LogP contribution in [-0.4, -0.2) is 45.9 Å². The van der Waals surface area contributed by atoms with Crippen molar-refractivity contribution in [3.05, 3.63) is 15.6 Å². The maximum Gasteiger partial charge on any atom is 0.186 e. The fourth-order valence-corrected chi connectivity index (χ4v) is 2.64. The summed E-state index contributed by atoms with van der Waals surface area (Å²) in [6.45, 7) is 4.58. The lowest BCUT2D eigenvalue weighted by Crippen LogP contribution is -2.21. The van der Waals surface area contributed by atoms with E-state index >= 15 is 0 Å². The molecule has 0 aliphatic carbocycles. The fourth-order valence-electron chi connectivity index (χ4n) is 1.47. The smallest absolute Gasteiger partial charge is 0.186 e. The van der Waals surface area contributed by atoms with Crippen molar-refractivity contribution in [1.29, 1.82) is 0 Å². The Kier molecular flexibility index (Phi) is 7.38. The molecule has 4 nitrogen and oxygen atoms in total. The predicted molar refractivity (Wildman–Crippen MR) is 84.5 cm³/mol. The van der Waals surface area contributed by atoms with E-state index in [-0.39, 0.29) is 0 Å². The third-order valence-electron chi connectivity index (χ3n) is 2.61. The molecule has 1 rings (SSSR count). The molecule has 0 bridgehead atoms. The average molecular weight is 304 g/mol. The third-order valence-corrected chi connectivity index (χ3v) is 4.18. The topological polar surface area (TPSA) is 37.4 Å². The Hall–Kier alpha value is -0.620. The maximum atomic E-state index is 6.16. The summed E-state index contributed by atoms with van der Waals surface area (Å²) in [6.07, 6.45) is 3.12. The van der Waals surface area contributed by atoms with E-state index in [1.54, 1.807) is 18.4 Å². The van der Waals surface area contributed by atoms with Crippen molar-refractivity contribution in [3.8, 4) is 0 Å². The molecule has 1 aromatic heterocycles. The monoisotopic (exact) mass is 303 g/mol. The Morgan fingerprint density at radius 1 is 1.53 bits per heavy atom. The van der Waals surface area contributed by atoms with E-state index in [2.05, 4.69) is 23.3 Å². The molecular formula is C13H22ClN3OS. The van der Waals surface area contributed by atoms with Crippen LogP contribution in [0.2, 0.25) is 5.15 Å². The zero-order chi connectivity index (χ0) is 14.3. The first kappa shape index (κ1) is 16.4. The first-order chi connectivity index (χ1) is 9.08. The van der Waals surface area contributed by atoms with E-state index in [0.717, 1.165) is 36.1 Å². The number of nitrogens with one attached hydrogen (secondary N) is 1. The van der Waals surface area contributed by atoms with Crippen LogP contribution >= 0.6 is 22.9 Å². The molecule has 0 saturated heterocycles. The molecule has 1 N–H and O–H groups in total. The molecule has 0 fully saturated rings. The van der Waals surface area contributed by atoms with Gasteiger partial charge in [0.05, 0.1) is 11.5 Å². The number of hydrogen-bond donors (Lipinski definition) is 1. The van der Waals surface area contributed by atoms with Crippen LogP contribution < -0.4 is 10.2 Å². The maximum absolute atomic E-state index is 6.16. The van der Waals surface area contributed by atoms with Gasteiger partial charge in [0.1, 0.15) is 5.15 Å². The highest BCUT2D eigenvalue weighted by atomic mass is 35.5. The van der Waals surface area contributed by atoms with Gasteiger partial charge in [-0.25, -0.2) is 4.98 Å². The largest absolute Gasteiger partial charge is 0.383 e. The van der Waals surface area contributed by atoms with Gasteiger partial charge in [-0.3, -0.25) is 0 Å². The number of nitrogens with zero attached hydrogens (tertiary/aromatic N) is 2. The molecule has 0 spiro atoms. The zero-order valence-corrected chi connectivity index (χ0v) is 13.6. The predicted octanol–water partition coefficient (Wildman–Crippen LogP) is 2.89. The summed E-state index contributed by atoms with van der Waals surface area (Å²) in [5.74, 6) is 0. The lowest BCUT2D eigenvalue weighted by molar-refractivity contribution is 0.200. The second kappa shape index (κ2) is 8.53. The number of methoxy groups -OCH3 is 1. The van der Waals surface area contributed by atoms with Crippen molar-refractivity contribution < 1.29 is 4.74 Å².